The van der Waals surface area contributed by atoms with Gasteiger partial charge in [-0.25, -0.2) is 0 Å². The van der Waals surface area contributed by atoms with Gasteiger partial charge in [0, 0.05) is 31.5 Å². The molecule has 4 aromatic rings. The summed E-state index contributed by atoms with van der Waals surface area (Å²) in [5.41, 5.74) is 3.84. The van der Waals surface area contributed by atoms with Crippen LogP contribution in [-0.4, -0.2) is 0 Å². The largest absolute Gasteiger partial charge is 0.355 e. The fraction of sp³-hybridized carbons (Fsp3) is 0.182. The second-order valence-electron chi connectivity index (χ2n) is 7.23. The van der Waals surface area contributed by atoms with Gasteiger partial charge in [-0.05, 0) is 41.3 Å². The molecular weight excluding hydrogens is 310 g/mol. The predicted molar refractivity (Wildman–Crippen MR) is 108 cm³/mol. The highest BCUT2D eigenvalue weighted by atomic mass is 32.1. The van der Waals surface area contributed by atoms with Crippen molar-refractivity contribution in [2.75, 3.05) is 5.32 Å². The van der Waals surface area contributed by atoms with Crippen molar-refractivity contribution < 1.29 is 0 Å². The molecule has 0 unspecified atom stereocenters. The Kier molecular flexibility index (Phi) is 3.58. The zero-order valence-electron chi connectivity index (χ0n) is 14.3. The molecule has 0 saturated carbocycles. The van der Waals surface area contributed by atoms with Crippen LogP contribution in [-0.2, 0) is 5.41 Å². The quantitative estimate of drug-likeness (QED) is 0.413. The molecule has 0 atom stereocenters. The molecule has 0 bridgehead atoms. The molecule has 0 saturated heterocycles. The number of rotatable bonds is 2. The SMILES string of the molecule is CC(C)(C)c1ccc(Nc2cccc3sc4ccccc4c23)cc1. The van der Waals surface area contributed by atoms with Crippen LogP contribution in [0.25, 0.3) is 20.2 Å². The van der Waals surface area contributed by atoms with Crippen molar-refractivity contribution in [3.05, 3.63) is 72.3 Å². The van der Waals surface area contributed by atoms with Crippen LogP contribution in [0.15, 0.2) is 66.7 Å². The van der Waals surface area contributed by atoms with Crippen molar-refractivity contribution in [3.8, 4) is 0 Å². The van der Waals surface area contributed by atoms with E-state index >= 15 is 0 Å². The molecular formula is C22H21NS. The maximum atomic E-state index is 3.61. The summed E-state index contributed by atoms with van der Waals surface area (Å²) in [7, 11) is 0. The second-order valence-corrected chi connectivity index (χ2v) is 8.31. The third kappa shape index (κ3) is 2.67. The molecule has 2 heteroatoms. The first-order valence-electron chi connectivity index (χ1n) is 8.30. The summed E-state index contributed by atoms with van der Waals surface area (Å²) in [4.78, 5) is 0. The zero-order valence-corrected chi connectivity index (χ0v) is 15.1. The van der Waals surface area contributed by atoms with Crippen molar-refractivity contribution in [2.24, 2.45) is 0 Å². The summed E-state index contributed by atoms with van der Waals surface area (Å²) in [6.45, 7) is 6.73. The fourth-order valence-electron chi connectivity index (χ4n) is 3.09. The number of nitrogens with one attached hydrogen (secondary N) is 1. The van der Waals surface area contributed by atoms with Gasteiger partial charge >= 0.3 is 0 Å². The molecule has 3 aromatic carbocycles. The molecule has 0 fully saturated rings. The molecule has 0 aliphatic carbocycles. The fourth-order valence-corrected chi connectivity index (χ4v) is 4.22. The number of hydrogen-bond donors (Lipinski definition) is 1. The Balaban J connectivity index is 1.77. The first kappa shape index (κ1) is 15.2. The van der Waals surface area contributed by atoms with Crippen LogP contribution < -0.4 is 5.32 Å². The normalized spacial score (nSPS) is 12.0. The summed E-state index contributed by atoms with van der Waals surface area (Å²) >= 11 is 1.85. The number of fused-ring (bicyclic) bond motifs is 3. The highest BCUT2D eigenvalue weighted by Gasteiger charge is 2.13. The predicted octanol–water partition coefficient (Wildman–Crippen LogP) is 7.10. The van der Waals surface area contributed by atoms with Gasteiger partial charge in [-0.2, -0.15) is 0 Å². The van der Waals surface area contributed by atoms with Crippen molar-refractivity contribution in [1.29, 1.82) is 0 Å². The van der Waals surface area contributed by atoms with Crippen LogP contribution in [0.3, 0.4) is 0 Å². The highest BCUT2D eigenvalue weighted by molar-refractivity contribution is 7.25. The van der Waals surface area contributed by atoms with Gasteiger partial charge < -0.3 is 5.32 Å². The summed E-state index contributed by atoms with van der Waals surface area (Å²) < 4.78 is 2.66. The van der Waals surface area contributed by atoms with Crippen molar-refractivity contribution in [3.63, 3.8) is 0 Å². The third-order valence-electron chi connectivity index (χ3n) is 4.43. The van der Waals surface area contributed by atoms with E-state index in [2.05, 4.69) is 92.8 Å². The Hall–Kier alpha value is -2.32. The number of anilines is 2. The molecule has 4 rings (SSSR count). The molecule has 0 aliphatic rings. The van der Waals surface area contributed by atoms with Crippen molar-refractivity contribution in [1.82, 2.24) is 0 Å². The molecule has 0 aliphatic heterocycles. The smallest absolute Gasteiger partial charge is 0.0478 e. The lowest BCUT2D eigenvalue weighted by Gasteiger charge is -2.19. The molecule has 1 N–H and O–H groups in total. The van der Waals surface area contributed by atoms with E-state index in [1.807, 2.05) is 11.3 Å². The minimum absolute atomic E-state index is 0.183. The molecule has 1 heterocycles. The van der Waals surface area contributed by atoms with E-state index in [0.717, 1.165) is 5.69 Å². The van der Waals surface area contributed by atoms with E-state index in [1.165, 1.54) is 31.4 Å². The highest BCUT2D eigenvalue weighted by Crippen LogP contribution is 2.39. The van der Waals surface area contributed by atoms with Gasteiger partial charge in [-0.1, -0.05) is 57.2 Å². The van der Waals surface area contributed by atoms with E-state index in [4.69, 9.17) is 0 Å². The molecule has 1 nitrogen and oxygen atoms in total. The summed E-state index contributed by atoms with van der Waals surface area (Å²) in [6, 6.07) is 23.9. The number of thiophene rings is 1. The maximum Gasteiger partial charge on any atom is 0.0478 e. The summed E-state index contributed by atoms with van der Waals surface area (Å²) in [5.74, 6) is 0. The Morgan fingerprint density at radius 2 is 1.46 bits per heavy atom. The van der Waals surface area contributed by atoms with Crippen LogP contribution in [0, 0.1) is 0 Å². The molecule has 1 aromatic heterocycles. The lowest BCUT2D eigenvalue weighted by molar-refractivity contribution is 0.590. The van der Waals surface area contributed by atoms with Crippen LogP contribution in [0.4, 0.5) is 11.4 Å². The summed E-state index contributed by atoms with van der Waals surface area (Å²) in [6.07, 6.45) is 0. The van der Waals surface area contributed by atoms with Crippen molar-refractivity contribution >= 4 is 42.9 Å². The number of benzene rings is 3. The average Bonchev–Trinajstić information content (AvgIpc) is 2.94. The van der Waals surface area contributed by atoms with E-state index in [0.29, 0.717) is 0 Å². The van der Waals surface area contributed by atoms with Gasteiger partial charge in [0.05, 0.1) is 0 Å². The minimum atomic E-state index is 0.183. The van der Waals surface area contributed by atoms with Gasteiger partial charge in [-0.15, -0.1) is 11.3 Å². The zero-order chi connectivity index (χ0) is 16.7. The van der Waals surface area contributed by atoms with Gasteiger partial charge in [0.1, 0.15) is 0 Å². The third-order valence-corrected chi connectivity index (χ3v) is 5.57. The van der Waals surface area contributed by atoms with Crippen LogP contribution in [0.5, 0.6) is 0 Å². The van der Waals surface area contributed by atoms with E-state index in [-0.39, 0.29) is 5.41 Å². The minimum Gasteiger partial charge on any atom is -0.355 e. The molecule has 0 spiro atoms. The van der Waals surface area contributed by atoms with Crippen LogP contribution >= 0.6 is 11.3 Å². The van der Waals surface area contributed by atoms with E-state index < -0.39 is 0 Å². The molecule has 0 amide bonds. The maximum absolute atomic E-state index is 3.61. The average molecular weight is 331 g/mol. The lowest BCUT2D eigenvalue weighted by Crippen LogP contribution is -2.10. The Morgan fingerprint density at radius 3 is 2.21 bits per heavy atom. The van der Waals surface area contributed by atoms with Crippen molar-refractivity contribution in [2.45, 2.75) is 26.2 Å². The van der Waals surface area contributed by atoms with Gasteiger partial charge in [0.15, 0.2) is 0 Å². The van der Waals surface area contributed by atoms with E-state index in [9.17, 15) is 0 Å². The lowest BCUT2D eigenvalue weighted by atomic mass is 9.87. The second kappa shape index (κ2) is 5.64. The van der Waals surface area contributed by atoms with Gasteiger partial charge in [0.2, 0.25) is 0 Å². The van der Waals surface area contributed by atoms with Gasteiger partial charge in [-0.3, -0.25) is 0 Å². The van der Waals surface area contributed by atoms with Crippen LogP contribution in [0.2, 0.25) is 0 Å². The number of hydrogen-bond acceptors (Lipinski definition) is 2. The topological polar surface area (TPSA) is 12.0 Å². The molecule has 120 valence electrons. The van der Waals surface area contributed by atoms with Crippen LogP contribution in [0.1, 0.15) is 26.3 Å². The first-order chi connectivity index (χ1) is 11.5. The van der Waals surface area contributed by atoms with E-state index in [1.54, 1.807) is 0 Å². The standard InChI is InChI=1S/C22H21NS/c1-22(2,3)15-11-13-16(14-12-15)23-18-8-6-10-20-21(18)17-7-4-5-9-19(17)24-20/h4-14,23H,1-3H3. The Morgan fingerprint density at radius 1 is 0.750 bits per heavy atom. The monoisotopic (exact) mass is 331 g/mol. The first-order valence-corrected chi connectivity index (χ1v) is 9.12. The Bertz CT molecular complexity index is 1000. The Labute approximate surface area is 147 Å². The molecule has 0 radical (unpaired) electrons. The molecule has 24 heavy (non-hydrogen) atoms. The summed E-state index contributed by atoms with van der Waals surface area (Å²) in [5, 5.41) is 6.25. The van der Waals surface area contributed by atoms with Gasteiger partial charge in [0.25, 0.3) is 0 Å².